The molecule has 16 heavy (non-hydrogen) atoms. The van der Waals surface area contributed by atoms with Crippen molar-refractivity contribution in [3.05, 3.63) is 34.6 Å². The molecule has 0 aliphatic carbocycles. The highest BCUT2D eigenvalue weighted by molar-refractivity contribution is 6.30. The van der Waals surface area contributed by atoms with Crippen molar-refractivity contribution in [2.75, 3.05) is 0 Å². The van der Waals surface area contributed by atoms with E-state index >= 15 is 0 Å². The normalized spacial score (nSPS) is 14.5. The van der Waals surface area contributed by atoms with E-state index in [0.29, 0.717) is 5.56 Å². The predicted molar refractivity (Wildman–Crippen MR) is 57.8 cm³/mol. The summed E-state index contributed by atoms with van der Waals surface area (Å²) in [5.41, 5.74) is 0.291. The van der Waals surface area contributed by atoms with Crippen LogP contribution in [0.3, 0.4) is 0 Å². The first-order valence-electron chi connectivity index (χ1n) is 4.76. The molecular weight excluding hydrogens is 235 g/mol. The molecule has 1 rings (SSSR count). The van der Waals surface area contributed by atoms with Crippen LogP contribution in [-0.4, -0.2) is 16.2 Å². The van der Waals surface area contributed by atoms with Gasteiger partial charge in [0.15, 0.2) is 0 Å². The minimum Gasteiger partial charge on any atom is -0.481 e. The second-order valence-corrected chi connectivity index (χ2v) is 4.16. The Labute approximate surface area is 97.5 Å². The molecule has 0 aliphatic rings. The minimum absolute atomic E-state index is 0.177. The topological polar surface area (TPSA) is 57.5 Å². The first-order chi connectivity index (χ1) is 7.40. The molecule has 0 amide bonds. The van der Waals surface area contributed by atoms with Crippen molar-refractivity contribution in [3.63, 3.8) is 0 Å². The number of carbonyl (C=O) groups is 1. The molecule has 0 fully saturated rings. The van der Waals surface area contributed by atoms with Crippen molar-refractivity contribution in [1.29, 1.82) is 0 Å². The van der Waals surface area contributed by atoms with Gasteiger partial charge in [0.25, 0.3) is 0 Å². The van der Waals surface area contributed by atoms with Gasteiger partial charge in [0.05, 0.1) is 12.5 Å². The lowest BCUT2D eigenvalue weighted by Gasteiger charge is -2.17. The quantitative estimate of drug-likeness (QED) is 0.859. The molecule has 0 bridgehead atoms. The van der Waals surface area contributed by atoms with Gasteiger partial charge < -0.3 is 10.2 Å². The van der Waals surface area contributed by atoms with Crippen LogP contribution in [-0.2, 0) is 4.79 Å². The van der Waals surface area contributed by atoms with Crippen LogP contribution in [0.2, 0.25) is 5.02 Å². The van der Waals surface area contributed by atoms with Crippen molar-refractivity contribution < 1.29 is 19.4 Å². The van der Waals surface area contributed by atoms with Gasteiger partial charge in [-0.3, -0.25) is 4.79 Å². The number of halogens is 2. The Kier molecular flexibility index (Phi) is 4.26. The summed E-state index contributed by atoms with van der Waals surface area (Å²) in [6, 6.07) is 3.70. The molecule has 0 radical (unpaired) electrons. The predicted octanol–water partition coefficient (Wildman–Crippen LogP) is 2.62. The summed E-state index contributed by atoms with van der Waals surface area (Å²) in [7, 11) is 0. The van der Waals surface area contributed by atoms with Crippen LogP contribution in [0.1, 0.15) is 25.0 Å². The van der Waals surface area contributed by atoms with Crippen LogP contribution >= 0.6 is 11.6 Å². The number of benzene rings is 1. The van der Waals surface area contributed by atoms with Gasteiger partial charge in [-0.15, -0.1) is 0 Å². The van der Waals surface area contributed by atoms with E-state index in [1.54, 1.807) is 6.92 Å². The van der Waals surface area contributed by atoms with Gasteiger partial charge in [-0.05, 0) is 29.7 Å². The smallest absolute Gasteiger partial charge is 0.303 e. The maximum Gasteiger partial charge on any atom is 0.303 e. The van der Waals surface area contributed by atoms with Gasteiger partial charge in [-0.25, -0.2) is 4.39 Å². The summed E-state index contributed by atoms with van der Waals surface area (Å²) >= 11 is 5.64. The number of aliphatic carboxylic acids is 1. The summed E-state index contributed by atoms with van der Waals surface area (Å²) in [6.07, 6.45) is -1.22. The molecule has 1 aromatic rings. The van der Waals surface area contributed by atoms with E-state index in [1.807, 2.05) is 0 Å². The van der Waals surface area contributed by atoms with E-state index in [0.717, 1.165) is 12.1 Å². The summed E-state index contributed by atoms with van der Waals surface area (Å²) in [4.78, 5) is 10.5. The average Bonchev–Trinajstić information content (AvgIpc) is 2.13. The second-order valence-electron chi connectivity index (χ2n) is 3.72. The molecule has 3 nitrogen and oxygen atoms in total. The Morgan fingerprint density at radius 2 is 2.12 bits per heavy atom. The Morgan fingerprint density at radius 3 is 2.62 bits per heavy atom. The lowest BCUT2D eigenvalue weighted by molar-refractivity contribution is -0.139. The monoisotopic (exact) mass is 246 g/mol. The third-order valence-corrected chi connectivity index (χ3v) is 2.48. The lowest BCUT2D eigenvalue weighted by atomic mass is 9.95. The average molecular weight is 247 g/mol. The van der Waals surface area contributed by atoms with Crippen LogP contribution in [0, 0.1) is 11.7 Å². The maximum atomic E-state index is 13.0. The Bertz CT molecular complexity index is 375. The molecule has 0 aromatic heterocycles. The van der Waals surface area contributed by atoms with Gasteiger partial charge in [0, 0.05) is 5.02 Å². The highest BCUT2D eigenvalue weighted by atomic mass is 35.5. The van der Waals surface area contributed by atoms with Gasteiger partial charge in [0.1, 0.15) is 5.82 Å². The van der Waals surface area contributed by atoms with E-state index in [4.69, 9.17) is 16.7 Å². The summed E-state index contributed by atoms with van der Waals surface area (Å²) in [6.45, 7) is 1.58. The summed E-state index contributed by atoms with van der Waals surface area (Å²) < 4.78 is 13.0. The van der Waals surface area contributed by atoms with E-state index in [1.165, 1.54) is 6.07 Å². The first-order valence-corrected chi connectivity index (χ1v) is 5.14. The molecule has 0 spiro atoms. The second kappa shape index (κ2) is 5.27. The van der Waals surface area contributed by atoms with Crippen LogP contribution < -0.4 is 0 Å². The largest absolute Gasteiger partial charge is 0.481 e. The van der Waals surface area contributed by atoms with Crippen LogP contribution in [0.15, 0.2) is 18.2 Å². The Morgan fingerprint density at radius 1 is 1.50 bits per heavy atom. The van der Waals surface area contributed by atoms with E-state index in [-0.39, 0.29) is 11.4 Å². The van der Waals surface area contributed by atoms with E-state index < -0.39 is 23.8 Å². The molecule has 0 saturated carbocycles. The lowest BCUT2D eigenvalue weighted by Crippen LogP contribution is -2.13. The third-order valence-electron chi connectivity index (χ3n) is 2.26. The number of hydrogen-bond donors (Lipinski definition) is 2. The van der Waals surface area contributed by atoms with Crippen molar-refractivity contribution in [2.45, 2.75) is 19.4 Å². The molecule has 1 aromatic carbocycles. The number of carboxylic acid groups (broad SMARTS) is 1. The van der Waals surface area contributed by atoms with Crippen molar-refractivity contribution >= 4 is 17.6 Å². The van der Waals surface area contributed by atoms with Crippen LogP contribution in [0.5, 0.6) is 0 Å². The van der Waals surface area contributed by atoms with Gasteiger partial charge in [-0.1, -0.05) is 18.5 Å². The molecule has 88 valence electrons. The molecule has 2 atom stereocenters. The number of aliphatic hydroxyl groups is 1. The Balaban J connectivity index is 2.86. The van der Waals surface area contributed by atoms with Crippen molar-refractivity contribution in [1.82, 2.24) is 0 Å². The number of aliphatic hydroxyl groups excluding tert-OH is 1. The zero-order valence-corrected chi connectivity index (χ0v) is 9.41. The minimum atomic E-state index is -1.04. The van der Waals surface area contributed by atoms with Crippen LogP contribution in [0.25, 0.3) is 0 Å². The molecule has 0 saturated heterocycles. The number of carboxylic acids is 1. The third kappa shape index (κ3) is 3.47. The molecule has 2 unspecified atom stereocenters. The maximum absolute atomic E-state index is 13.0. The van der Waals surface area contributed by atoms with Crippen LogP contribution in [0.4, 0.5) is 4.39 Å². The van der Waals surface area contributed by atoms with Crippen molar-refractivity contribution in [2.24, 2.45) is 5.92 Å². The molecule has 0 aliphatic heterocycles. The first kappa shape index (κ1) is 12.9. The van der Waals surface area contributed by atoms with Gasteiger partial charge in [-0.2, -0.15) is 0 Å². The van der Waals surface area contributed by atoms with Crippen molar-refractivity contribution in [3.8, 4) is 0 Å². The Hall–Kier alpha value is -1.13. The molecular formula is C11H12ClFO3. The fourth-order valence-electron chi connectivity index (χ4n) is 1.46. The highest BCUT2D eigenvalue weighted by Crippen LogP contribution is 2.27. The fourth-order valence-corrected chi connectivity index (χ4v) is 1.69. The summed E-state index contributed by atoms with van der Waals surface area (Å²) in [5, 5.41) is 18.6. The standard InChI is InChI=1S/C11H12ClFO3/c1-6(2-10(14)15)11(16)7-3-8(12)5-9(13)4-7/h3-6,11,16H,2H2,1H3,(H,14,15). The van der Waals surface area contributed by atoms with E-state index in [2.05, 4.69) is 0 Å². The SMILES string of the molecule is CC(CC(=O)O)C(O)c1cc(F)cc(Cl)c1. The zero-order valence-electron chi connectivity index (χ0n) is 8.65. The zero-order chi connectivity index (χ0) is 12.3. The number of hydrogen-bond acceptors (Lipinski definition) is 2. The molecule has 5 heteroatoms. The molecule has 0 heterocycles. The highest BCUT2D eigenvalue weighted by Gasteiger charge is 2.20. The molecule has 2 N–H and O–H groups in total. The number of rotatable bonds is 4. The van der Waals surface area contributed by atoms with E-state index in [9.17, 15) is 14.3 Å². The van der Waals surface area contributed by atoms with Gasteiger partial charge >= 0.3 is 5.97 Å². The van der Waals surface area contributed by atoms with Gasteiger partial charge in [0.2, 0.25) is 0 Å². The fraction of sp³-hybridized carbons (Fsp3) is 0.364. The summed E-state index contributed by atoms with van der Waals surface area (Å²) in [5.74, 6) is -2.06.